The zero-order valence-electron chi connectivity index (χ0n) is 15.2. The van der Waals surface area contributed by atoms with E-state index in [1.54, 1.807) is 0 Å². The molecular formula is C18H28N6. The van der Waals surface area contributed by atoms with E-state index in [1.165, 1.54) is 6.42 Å². The van der Waals surface area contributed by atoms with Crippen LogP contribution < -0.4 is 4.90 Å². The van der Waals surface area contributed by atoms with Crippen LogP contribution in [0.25, 0.3) is 0 Å². The summed E-state index contributed by atoms with van der Waals surface area (Å²) in [7, 11) is 4.05. The molecule has 1 aliphatic rings. The van der Waals surface area contributed by atoms with Crippen molar-refractivity contribution < 1.29 is 0 Å². The molecule has 24 heavy (non-hydrogen) atoms. The van der Waals surface area contributed by atoms with E-state index in [1.807, 2.05) is 32.1 Å². The highest BCUT2D eigenvalue weighted by Gasteiger charge is 2.28. The molecule has 3 rings (SSSR count). The normalized spacial score (nSPS) is 18.2. The molecule has 0 aromatic carbocycles. The summed E-state index contributed by atoms with van der Waals surface area (Å²) in [5.41, 5.74) is 1.14. The van der Waals surface area contributed by atoms with Gasteiger partial charge in [0.25, 0.3) is 0 Å². The third kappa shape index (κ3) is 3.59. The molecule has 0 bridgehead atoms. The van der Waals surface area contributed by atoms with E-state index in [4.69, 9.17) is 4.98 Å². The average molecular weight is 328 g/mol. The first-order chi connectivity index (χ1) is 11.6. The van der Waals surface area contributed by atoms with Crippen molar-refractivity contribution in [2.24, 2.45) is 0 Å². The largest absolute Gasteiger partial charge is 0.363 e. The van der Waals surface area contributed by atoms with Crippen LogP contribution in [0.3, 0.4) is 0 Å². The van der Waals surface area contributed by atoms with Crippen LogP contribution in [0.1, 0.15) is 49.6 Å². The fourth-order valence-electron chi connectivity index (χ4n) is 3.44. The standard InChI is InChI=1S/C18H28N6/c1-5-9-23-11-8-19-18(23)13-24-10-6-7-16(24)15-12-17(22(3)4)21-14(2)20-15/h8,11-12,16H,5-7,9-10,13H2,1-4H3/t16-/m1/s1. The maximum Gasteiger partial charge on any atom is 0.132 e. The van der Waals surface area contributed by atoms with Gasteiger partial charge in [0.05, 0.1) is 18.3 Å². The molecular weight excluding hydrogens is 300 g/mol. The predicted octanol–water partition coefficient (Wildman–Crippen LogP) is 2.79. The van der Waals surface area contributed by atoms with Crippen molar-refractivity contribution >= 4 is 5.82 Å². The fraction of sp³-hybridized carbons (Fsp3) is 0.611. The number of hydrogen-bond acceptors (Lipinski definition) is 5. The zero-order chi connectivity index (χ0) is 17.1. The van der Waals surface area contributed by atoms with E-state index in [2.05, 4.69) is 38.6 Å². The van der Waals surface area contributed by atoms with Crippen LogP contribution in [-0.2, 0) is 13.1 Å². The van der Waals surface area contributed by atoms with E-state index >= 15 is 0 Å². The SMILES string of the molecule is CCCn1ccnc1CN1CCC[C@@H]1c1cc(N(C)C)nc(C)n1. The number of aromatic nitrogens is 4. The Hall–Kier alpha value is -1.95. The van der Waals surface area contributed by atoms with Gasteiger partial charge in [0.1, 0.15) is 17.5 Å². The van der Waals surface area contributed by atoms with E-state index in [9.17, 15) is 0 Å². The minimum absolute atomic E-state index is 0.358. The molecule has 2 aromatic rings. The van der Waals surface area contributed by atoms with Crippen LogP contribution in [-0.4, -0.2) is 45.1 Å². The summed E-state index contributed by atoms with van der Waals surface area (Å²) in [5, 5.41) is 0. The molecule has 1 saturated heterocycles. The summed E-state index contributed by atoms with van der Waals surface area (Å²) in [5.74, 6) is 2.98. The van der Waals surface area contributed by atoms with E-state index in [-0.39, 0.29) is 0 Å². The molecule has 0 N–H and O–H groups in total. The molecule has 2 aromatic heterocycles. The number of anilines is 1. The van der Waals surface area contributed by atoms with Gasteiger partial charge in [-0.2, -0.15) is 0 Å². The summed E-state index contributed by atoms with van der Waals surface area (Å²) in [6.07, 6.45) is 7.49. The number of nitrogens with zero attached hydrogens (tertiary/aromatic N) is 6. The second-order valence-electron chi connectivity index (χ2n) is 6.76. The molecule has 0 saturated carbocycles. The van der Waals surface area contributed by atoms with Crippen molar-refractivity contribution in [3.8, 4) is 0 Å². The molecule has 1 atom stereocenters. The van der Waals surface area contributed by atoms with Crippen molar-refractivity contribution in [3.63, 3.8) is 0 Å². The zero-order valence-corrected chi connectivity index (χ0v) is 15.2. The Morgan fingerprint density at radius 2 is 2.12 bits per heavy atom. The Balaban J connectivity index is 1.82. The molecule has 1 fully saturated rings. The molecule has 0 unspecified atom stereocenters. The Kier molecular flexibility index (Phi) is 5.14. The quantitative estimate of drug-likeness (QED) is 0.816. The molecule has 0 aliphatic carbocycles. The average Bonchev–Trinajstić information content (AvgIpc) is 3.17. The van der Waals surface area contributed by atoms with E-state index < -0.39 is 0 Å². The molecule has 0 spiro atoms. The highest BCUT2D eigenvalue weighted by molar-refractivity contribution is 5.38. The third-order valence-corrected chi connectivity index (χ3v) is 4.62. The van der Waals surface area contributed by atoms with E-state index in [0.717, 1.165) is 55.6 Å². The third-order valence-electron chi connectivity index (χ3n) is 4.62. The summed E-state index contributed by atoms with van der Waals surface area (Å²) in [4.78, 5) is 18.4. The number of rotatable bonds is 6. The van der Waals surface area contributed by atoms with Crippen molar-refractivity contribution in [1.82, 2.24) is 24.4 Å². The Morgan fingerprint density at radius 1 is 1.29 bits per heavy atom. The monoisotopic (exact) mass is 328 g/mol. The van der Waals surface area contributed by atoms with Crippen LogP contribution >= 0.6 is 0 Å². The molecule has 1 aliphatic heterocycles. The first-order valence-electron chi connectivity index (χ1n) is 8.85. The Labute approximate surface area is 144 Å². The lowest BCUT2D eigenvalue weighted by molar-refractivity contribution is 0.234. The first kappa shape index (κ1) is 16.9. The summed E-state index contributed by atoms with van der Waals surface area (Å²) < 4.78 is 2.27. The molecule has 0 amide bonds. The molecule has 6 nitrogen and oxygen atoms in total. The lowest BCUT2D eigenvalue weighted by Gasteiger charge is -2.25. The van der Waals surface area contributed by atoms with Crippen LogP contribution in [0.2, 0.25) is 0 Å². The highest BCUT2D eigenvalue weighted by Crippen LogP contribution is 2.33. The van der Waals surface area contributed by atoms with Crippen molar-refractivity contribution in [1.29, 1.82) is 0 Å². The maximum absolute atomic E-state index is 4.73. The van der Waals surface area contributed by atoms with Gasteiger partial charge in [-0.25, -0.2) is 15.0 Å². The van der Waals surface area contributed by atoms with E-state index in [0.29, 0.717) is 6.04 Å². The molecule has 3 heterocycles. The minimum Gasteiger partial charge on any atom is -0.363 e. The second kappa shape index (κ2) is 7.30. The van der Waals surface area contributed by atoms with Crippen LogP contribution in [0.15, 0.2) is 18.5 Å². The van der Waals surface area contributed by atoms with Gasteiger partial charge in [-0.1, -0.05) is 6.92 Å². The van der Waals surface area contributed by atoms with Crippen molar-refractivity contribution in [2.75, 3.05) is 25.5 Å². The first-order valence-corrected chi connectivity index (χ1v) is 8.85. The second-order valence-corrected chi connectivity index (χ2v) is 6.76. The van der Waals surface area contributed by atoms with Gasteiger partial charge in [-0.05, 0) is 32.7 Å². The number of imidazole rings is 1. The van der Waals surface area contributed by atoms with Crippen molar-refractivity contribution in [2.45, 2.75) is 52.2 Å². The Bertz CT molecular complexity index is 678. The number of aryl methyl sites for hydroxylation is 2. The number of hydrogen-bond donors (Lipinski definition) is 0. The molecule has 6 heteroatoms. The summed E-state index contributed by atoms with van der Waals surface area (Å²) >= 11 is 0. The van der Waals surface area contributed by atoms with Gasteiger partial charge in [0.15, 0.2) is 0 Å². The van der Waals surface area contributed by atoms with Crippen LogP contribution in [0.4, 0.5) is 5.82 Å². The predicted molar refractivity (Wildman–Crippen MR) is 96.0 cm³/mol. The topological polar surface area (TPSA) is 50.1 Å². The fourth-order valence-corrected chi connectivity index (χ4v) is 3.44. The van der Waals surface area contributed by atoms with Gasteiger partial charge in [0, 0.05) is 39.1 Å². The molecule has 130 valence electrons. The lowest BCUT2D eigenvalue weighted by Crippen LogP contribution is -2.26. The lowest BCUT2D eigenvalue weighted by atomic mass is 10.1. The van der Waals surface area contributed by atoms with Gasteiger partial charge in [0.2, 0.25) is 0 Å². The van der Waals surface area contributed by atoms with Gasteiger partial charge in [-0.3, -0.25) is 4.90 Å². The highest BCUT2D eigenvalue weighted by atomic mass is 15.2. The van der Waals surface area contributed by atoms with Gasteiger partial charge < -0.3 is 9.47 Å². The molecule has 0 radical (unpaired) electrons. The maximum atomic E-state index is 4.73. The van der Waals surface area contributed by atoms with Gasteiger partial charge in [-0.15, -0.1) is 0 Å². The number of likely N-dealkylation sites (tertiary alicyclic amines) is 1. The smallest absolute Gasteiger partial charge is 0.132 e. The summed E-state index contributed by atoms with van der Waals surface area (Å²) in [6, 6.07) is 2.49. The summed E-state index contributed by atoms with van der Waals surface area (Å²) in [6.45, 7) is 7.20. The van der Waals surface area contributed by atoms with Crippen LogP contribution in [0, 0.1) is 6.92 Å². The minimum atomic E-state index is 0.358. The van der Waals surface area contributed by atoms with Gasteiger partial charge >= 0.3 is 0 Å². The Morgan fingerprint density at radius 3 is 2.88 bits per heavy atom. The van der Waals surface area contributed by atoms with Crippen molar-refractivity contribution in [3.05, 3.63) is 35.8 Å². The van der Waals surface area contributed by atoms with Crippen LogP contribution in [0.5, 0.6) is 0 Å².